The van der Waals surface area contributed by atoms with E-state index in [0.717, 1.165) is 17.3 Å². The molecule has 6 heteroatoms. The molecule has 0 amide bonds. The van der Waals surface area contributed by atoms with Gasteiger partial charge in [-0.05, 0) is 24.6 Å². The summed E-state index contributed by atoms with van der Waals surface area (Å²) in [6.07, 6.45) is 1.73. The van der Waals surface area contributed by atoms with Crippen LogP contribution in [-0.4, -0.2) is 9.91 Å². The minimum Gasteiger partial charge on any atom is -0.377 e. The summed E-state index contributed by atoms with van der Waals surface area (Å²) in [5.74, 6) is -0.652. The standard InChI is InChI=1S/C13H12FN3O2/c1-9-2-3-10(15-7-9)8-16-13-5-4-11(17(18)19)6-12(13)14/h2-7,16H,8H2,1H3. The van der Waals surface area contributed by atoms with E-state index in [-0.39, 0.29) is 11.4 Å². The number of nitrogens with zero attached hydrogens (tertiary/aromatic N) is 2. The molecule has 0 radical (unpaired) electrons. The van der Waals surface area contributed by atoms with Gasteiger partial charge in [0, 0.05) is 12.3 Å². The molecule has 1 aromatic carbocycles. The van der Waals surface area contributed by atoms with E-state index in [2.05, 4.69) is 10.3 Å². The van der Waals surface area contributed by atoms with Gasteiger partial charge >= 0.3 is 0 Å². The molecular formula is C13H12FN3O2. The van der Waals surface area contributed by atoms with Crippen molar-refractivity contribution in [3.05, 3.63) is 63.7 Å². The minimum atomic E-state index is -0.652. The van der Waals surface area contributed by atoms with Gasteiger partial charge in [-0.3, -0.25) is 15.1 Å². The van der Waals surface area contributed by atoms with Crippen molar-refractivity contribution in [3.63, 3.8) is 0 Å². The van der Waals surface area contributed by atoms with Gasteiger partial charge in [0.05, 0.1) is 28.9 Å². The number of pyridine rings is 1. The number of benzene rings is 1. The summed E-state index contributed by atoms with van der Waals surface area (Å²) in [6.45, 7) is 2.29. The molecule has 1 heterocycles. The second-order valence-electron chi connectivity index (χ2n) is 4.10. The van der Waals surface area contributed by atoms with E-state index in [9.17, 15) is 14.5 Å². The lowest BCUT2D eigenvalue weighted by Crippen LogP contribution is -2.03. The molecule has 2 rings (SSSR count). The van der Waals surface area contributed by atoms with Gasteiger partial charge in [-0.1, -0.05) is 6.07 Å². The Bertz CT molecular complexity index is 599. The van der Waals surface area contributed by atoms with E-state index in [0.29, 0.717) is 6.54 Å². The summed E-state index contributed by atoms with van der Waals surface area (Å²) in [4.78, 5) is 14.0. The van der Waals surface area contributed by atoms with Crippen LogP contribution in [0.1, 0.15) is 11.3 Å². The summed E-state index contributed by atoms with van der Waals surface area (Å²) in [7, 11) is 0. The number of aryl methyl sites for hydroxylation is 1. The molecule has 0 spiro atoms. The highest BCUT2D eigenvalue weighted by Crippen LogP contribution is 2.20. The summed E-state index contributed by atoms with van der Waals surface area (Å²) in [6, 6.07) is 7.25. The fraction of sp³-hybridized carbons (Fsp3) is 0.154. The second kappa shape index (κ2) is 5.43. The van der Waals surface area contributed by atoms with Crippen LogP contribution in [0.25, 0.3) is 0 Å². The van der Waals surface area contributed by atoms with Crippen molar-refractivity contribution in [2.75, 3.05) is 5.32 Å². The van der Waals surface area contributed by atoms with Gasteiger partial charge in [0.25, 0.3) is 5.69 Å². The van der Waals surface area contributed by atoms with E-state index in [4.69, 9.17) is 0 Å². The Kier molecular flexibility index (Phi) is 3.70. The molecule has 98 valence electrons. The van der Waals surface area contributed by atoms with Crippen LogP contribution in [0.4, 0.5) is 15.8 Å². The topological polar surface area (TPSA) is 68.1 Å². The Labute approximate surface area is 109 Å². The van der Waals surface area contributed by atoms with Gasteiger partial charge in [-0.25, -0.2) is 4.39 Å². The quantitative estimate of drug-likeness (QED) is 0.678. The van der Waals surface area contributed by atoms with Gasteiger partial charge in [0.1, 0.15) is 0 Å². The van der Waals surface area contributed by atoms with Crippen LogP contribution < -0.4 is 5.32 Å². The highest BCUT2D eigenvalue weighted by atomic mass is 19.1. The molecule has 1 N–H and O–H groups in total. The maximum absolute atomic E-state index is 13.6. The van der Waals surface area contributed by atoms with Crippen LogP contribution in [-0.2, 0) is 6.54 Å². The summed E-state index contributed by atoms with van der Waals surface area (Å²) >= 11 is 0. The second-order valence-corrected chi connectivity index (χ2v) is 4.10. The molecule has 0 unspecified atom stereocenters. The number of nitro benzene ring substituents is 1. The largest absolute Gasteiger partial charge is 0.377 e. The average Bonchev–Trinajstić information content (AvgIpc) is 2.39. The van der Waals surface area contributed by atoms with Gasteiger partial charge in [-0.2, -0.15) is 0 Å². The molecule has 19 heavy (non-hydrogen) atoms. The van der Waals surface area contributed by atoms with Crippen molar-refractivity contribution in [2.24, 2.45) is 0 Å². The van der Waals surface area contributed by atoms with Crippen molar-refractivity contribution >= 4 is 11.4 Å². The molecule has 0 bridgehead atoms. The zero-order valence-corrected chi connectivity index (χ0v) is 10.3. The molecule has 2 aromatic rings. The molecule has 0 aliphatic rings. The van der Waals surface area contributed by atoms with E-state index >= 15 is 0 Å². The molecule has 5 nitrogen and oxygen atoms in total. The third-order valence-corrected chi connectivity index (χ3v) is 2.60. The van der Waals surface area contributed by atoms with Crippen LogP contribution in [0, 0.1) is 22.9 Å². The minimum absolute atomic E-state index is 0.216. The number of anilines is 1. The predicted molar refractivity (Wildman–Crippen MR) is 69.4 cm³/mol. The number of non-ortho nitro benzene ring substituents is 1. The van der Waals surface area contributed by atoms with E-state index in [1.54, 1.807) is 6.20 Å². The van der Waals surface area contributed by atoms with Gasteiger partial charge in [0.15, 0.2) is 5.82 Å². The first-order valence-electron chi connectivity index (χ1n) is 5.65. The highest BCUT2D eigenvalue weighted by Gasteiger charge is 2.10. The third kappa shape index (κ3) is 3.25. The zero-order chi connectivity index (χ0) is 13.8. The van der Waals surface area contributed by atoms with Crippen LogP contribution >= 0.6 is 0 Å². The molecule has 0 aliphatic carbocycles. The number of hydrogen-bond donors (Lipinski definition) is 1. The van der Waals surface area contributed by atoms with Crippen LogP contribution in [0.2, 0.25) is 0 Å². The maximum atomic E-state index is 13.6. The number of halogens is 1. The Morgan fingerprint density at radius 3 is 2.74 bits per heavy atom. The fourth-order valence-electron chi connectivity index (χ4n) is 1.55. The molecule has 0 fully saturated rings. The molecular weight excluding hydrogens is 249 g/mol. The van der Waals surface area contributed by atoms with Crippen molar-refractivity contribution in [3.8, 4) is 0 Å². The van der Waals surface area contributed by atoms with Crippen molar-refractivity contribution < 1.29 is 9.31 Å². The predicted octanol–water partition coefficient (Wildman–Crippen LogP) is 3.05. The molecule has 0 aliphatic heterocycles. The first-order chi connectivity index (χ1) is 9.06. The Hall–Kier alpha value is -2.50. The maximum Gasteiger partial charge on any atom is 0.272 e. The molecule has 0 saturated heterocycles. The lowest BCUT2D eigenvalue weighted by atomic mass is 10.2. The SMILES string of the molecule is Cc1ccc(CNc2ccc([N+](=O)[O-])cc2F)nc1. The normalized spacial score (nSPS) is 10.2. The summed E-state index contributed by atoms with van der Waals surface area (Å²) in [5.41, 5.74) is 1.76. The van der Waals surface area contributed by atoms with Gasteiger partial charge in [-0.15, -0.1) is 0 Å². The lowest BCUT2D eigenvalue weighted by Gasteiger charge is -2.07. The number of nitro groups is 1. The van der Waals surface area contributed by atoms with Crippen LogP contribution in [0.5, 0.6) is 0 Å². The van der Waals surface area contributed by atoms with E-state index in [1.807, 2.05) is 19.1 Å². The van der Waals surface area contributed by atoms with Crippen molar-refractivity contribution in [2.45, 2.75) is 13.5 Å². The Morgan fingerprint density at radius 1 is 1.37 bits per heavy atom. The first-order valence-corrected chi connectivity index (χ1v) is 5.65. The monoisotopic (exact) mass is 261 g/mol. The van der Waals surface area contributed by atoms with E-state index in [1.165, 1.54) is 12.1 Å². The van der Waals surface area contributed by atoms with E-state index < -0.39 is 10.7 Å². The lowest BCUT2D eigenvalue weighted by molar-refractivity contribution is -0.385. The first kappa shape index (κ1) is 12.9. The zero-order valence-electron chi connectivity index (χ0n) is 10.3. The van der Waals surface area contributed by atoms with Crippen LogP contribution in [0.3, 0.4) is 0 Å². The number of hydrogen-bond acceptors (Lipinski definition) is 4. The van der Waals surface area contributed by atoms with Crippen LogP contribution in [0.15, 0.2) is 36.5 Å². The number of rotatable bonds is 4. The molecule has 0 atom stereocenters. The smallest absolute Gasteiger partial charge is 0.272 e. The van der Waals surface area contributed by atoms with Gasteiger partial charge in [0.2, 0.25) is 0 Å². The summed E-state index contributed by atoms with van der Waals surface area (Å²) < 4.78 is 13.6. The highest BCUT2D eigenvalue weighted by molar-refractivity contribution is 5.50. The Morgan fingerprint density at radius 2 is 2.16 bits per heavy atom. The fourth-order valence-corrected chi connectivity index (χ4v) is 1.55. The molecule has 0 saturated carbocycles. The molecule has 1 aromatic heterocycles. The number of aromatic nitrogens is 1. The Balaban J connectivity index is 2.07. The number of nitrogens with one attached hydrogen (secondary N) is 1. The third-order valence-electron chi connectivity index (χ3n) is 2.60. The summed E-state index contributed by atoms with van der Waals surface area (Å²) in [5, 5.41) is 13.3. The van der Waals surface area contributed by atoms with Gasteiger partial charge < -0.3 is 5.32 Å². The van der Waals surface area contributed by atoms with Crippen molar-refractivity contribution in [1.82, 2.24) is 4.98 Å². The average molecular weight is 261 g/mol. The van der Waals surface area contributed by atoms with Crippen molar-refractivity contribution in [1.29, 1.82) is 0 Å².